The first-order valence-corrected chi connectivity index (χ1v) is 9.14. The highest BCUT2D eigenvalue weighted by Crippen LogP contribution is 2.31. The summed E-state index contributed by atoms with van der Waals surface area (Å²) in [5, 5.41) is 0. The average Bonchev–Trinajstić information content (AvgIpc) is 2.66. The molecular weight excluding hydrogens is 326 g/mol. The van der Waals surface area contributed by atoms with Gasteiger partial charge in [-0.15, -0.1) is 0 Å². The van der Waals surface area contributed by atoms with Crippen LogP contribution in [0.5, 0.6) is 5.75 Å². The third-order valence-electron chi connectivity index (χ3n) is 4.94. The predicted molar refractivity (Wildman–Crippen MR) is 103 cm³/mol. The Morgan fingerprint density at radius 3 is 2.69 bits per heavy atom. The van der Waals surface area contributed by atoms with Crippen LogP contribution in [0, 0.1) is 5.92 Å². The fraction of sp³-hybridized carbons (Fsp3) is 0.409. The summed E-state index contributed by atoms with van der Waals surface area (Å²) < 4.78 is 10.8. The summed E-state index contributed by atoms with van der Waals surface area (Å²) >= 11 is 0. The minimum atomic E-state index is -0.0997. The zero-order valence-electron chi connectivity index (χ0n) is 15.8. The Kier molecular flexibility index (Phi) is 5.94. The fourth-order valence-electron chi connectivity index (χ4n) is 3.42. The lowest BCUT2D eigenvalue weighted by Crippen LogP contribution is -2.23. The first-order chi connectivity index (χ1) is 12.6. The second kappa shape index (κ2) is 8.37. The zero-order valence-corrected chi connectivity index (χ0v) is 15.8. The number of carbonyl (C=O) groups is 1. The van der Waals surface area contributed by atoms with Gasteiger partial charge in [0.2, 0.25) is 0 Å². The maximum atomic E-state index is 11.9. The Hall–Kier alpha value is -2.33. The normalized spacial score (nSPS) is 16.2. The van der Waals surface area contributed by atoms with Crippen molar-refractivity contribution in [3.05, 3.63) is 53.6 Å². The molecule has 0 heterocycles. The molecule has 4 nitrogen and oxygen atoms in total. The molecule has 0 amide bonds. The number of likely N-dealkylation sites (N-methyl/N-ethyl adjacent to an activating group) is 1. The molecule has 3 rings (SSSR count). The molecule has 0 aromatic heterocycles. The quantitative estimate of drug-likeness (QED) is 0.744. The van der Waals surface area contributed by atoms with Crippen molar-refractivity contribution in [1.29, 1.82) is 0 Å². The first kappa shape index (κ1) is 18.5. The summed E-state index contributed by atoms with van der Waals surface area (Å²) in [4.78, 5) is 14.0. The van der Waals surface area contributed by atoms with Gasteiger partial charge in [0, 0.05) is 6.54 Å². The standard InChI is InChI=1S/C22H27NO3/c1-23(2)11-12-26-21-6-4-5-17(15-21)18-9-7-16-8-10-19(22(24)25-3)14-20(16)13-18/h4-7,9,13,15,19H,8,10-12,14H2,1-3H3. The lowest BCUT2D eigenvalue weighted by molar-refractivity contribution is -0.145. The summed E-state index contributed by atoms with van der Waals surface area (Å²) in [7, 11) is 5.54. The van der Waals surface area contributed by atoms with Crippen LogP contribution in [0.1, 0.15) is 17.5 Å². The molecule has 1 atom stereocenters. The van der Waals surface area contributed by atoms with Crippen LogP contribution in [0.25, 0.3) is 11.1 Å². The van der Waals surface area contributed by atoms with Gasteiger partial charge in [-0.05, 0) is 67.7 Å². The van der Waals surface area contributed by atoms with E-state index in [4.69, 9.17) is 9.47 Å². The number of aryl methyl sites for hydroxylation is 1. The van der Waals surface area contributed by atoms with Gasteiger partial charge in [-0.25, -0.2) is 0 Å². The first-order valence-electron chi connectivity index (χ1n) is 9.14. The number of carbonyl (C=O) groups excluding carboxylic acids is 1. The van der Waals surface area contributed by atoms with E-state index in [1.54, 1.807) is 0 Å². The molecule has 0 aliphatic heterocycles. The van der Waals surface area contributed by atoms with E-state index in [0.717, 1.165) is 42.7 Å². The minimum absolute atomic E-state index is 0.0246. The van der Waals surface area contributed by atoms with Gasteiger partial charge in [0.1, 0.15) is 12.4 Å². The third kappa shape index (κ3) is 4.44. The van der Waals surface area contributed by atoms with E-state index in [9.17, 15) is 4.79 Å². The van der Waals surface area contributed by atoms with Crippen LogP contribution in [0.15, 0.2) is 42.5 Å². The monoisotopic (exact) mass is 353 g/mol. The number of hydrogen-bond acceptors (Lipinski definition) is 4. The number of hydrogen-bond donors (Lipinski definition) is 0. The molecule has 26 heavy (non-hydrogen) atoms. The summed E-state index contributed by atoms with van der Waals surface area (Å²) in [5.74, 6) is 0.760. The fourth-order valence-corrected chi connectivity index (χ4v) is 3.42. The number of benzene rings is 2. The van der Waals surface area contributed by atoms with Crippen molar-refractivity contribution in [2.45, 2.75) is 19.3 Å². The average molecular weight is 353 g/mol. The predicted octanol–water partition coefficient (Wildman–Crippen LogP) is 3.57. The smallest absolute Gasteiger partial charge is 0.309 e. The lowest BCUT2D eigenvalue weighted by atomic mass is 9.82. The number of ether oxygens (including phenoxy) is 2. The Balaban J connectivity index is 1.77. The van der Waals surface area contributed by atoms with E-state index in [1.165, 1.54) is 18.2 Å². The molecule has 0 N–H and O–H groups in total. The van der Waals surface area contributed by atoms with Gasteiger partial charge in [-0.3, -0.25) is 4.79 Å². The maximum Gasteiger partial charge on any atom is 0.309 e. The summed E-state index contributed by atoms with van der Waals surface area (Å²) in [6.45, 7) is 1.55. The highest BCUT2D eigenvalue weighted by molar-refractivity contribution is 5.74. The zero-order chi connectivity index (χ0) is 18.5. The van der Waals surface area contributed by atoms with E-state index in [1.807, 2.05) is 26.2 Å². The Labute approximate surface area is 155 Å². The Bertz CT molecular complexity index is 770. The molecule has 0 spiro atoms. The molecule has 1 unspecified atom stereocenters. The number of methoxy groups -OCH3 is 1. The molecule has 0 saturated carbocycles. The van der Waals surface area contributed by atoms with Gasteiger partial charge in [0.25, 0.3) is 0 Å². The molecule has 0 bridgehead atoms. The van der Waals surface area contributed by atoms with Crippen molar-refractivity contribution in [1.82, 2.24) is 4.90 Å². The van der Waals surface area contributed by atoms with Crippen LogP contribution in [0.3, 0.4) is 0 Å². The molecule has 1 aliphatic rings. The van der Waals surface area contributed by atoms with Gasteiger partial charge >= 0.3 is 5.97 Å². The number of fused-ring (bicyclic) bond motifs is 1. The Morgan fingerprint density at radius 1 is 1.12 bits per heavy atom. The van der Waals surface area contributed by atoms with Crippen molar-refractivity contribution < 1.29 is 14.3 Å². The van der Waals surface area contributed by atoms with Gasteiger partial charge in [-0.2, -0.15) is 0 Å². The SMILES string of the molecule is COC(=O)C1CCc2ccc(-c3cccc(OCCN(C)C)c3)cc2C1. The lowest BCUT2D eigenvalue weighted by Gasteiger charge is -2.23. The molecule has 0 radical (unpaired) electrons. The van der Waals surface area contributed by atoms with Crippen LogP contribution < -0.4 is 4.74 Å². The highest BCUT2D eigenvalue weighted by atomic mass is 16.5. The van der Waals surface area contributed by atoms with E-state index >= 15 is 0 Å². The minimum Gasteiger partial charge on any atom is -0.492 e. The van der Waals surface area contributed by atoms with Crippen LogP contribution >= 0.6 is 0 Å². The van der Waals surface area contributed by atoms with Crippen LogP contribution in [-0.4, -0.2) is 45.2 Å². The van der Waals surface area contributed by atoms with Gasteiger partial charge < -0.3 is 14.4 Å². The Morgan fingerprint density at radius 2 is 1.92 bits per heavy atom. The maximum absolute atomic E-state index is 11.9. The van der Waals surface area contributed by atoms with Gasteiger partial charge in [-0.1, -0.05) is 30.3 Å². The van der Waals surface area contributed by atoms with Crippen molar-refractivity contribution in [3.8, 4) is 16.9 Å². The van der Waals surface area contributed by atoms with Crippen molar-refractivity contribution in [2.75, 3.05) is 34.4 Å². The van der Waals surface area contributed by atoms with Crippen LogP contribution in [0.4, 0.5) is 0 Å². The van der Waals surface area contributed by atoms with Crippen molar-refractivity contribution in [2.24, 2.45) is 5.92 Å². The largest absolute Gasteiger partial charge is 0.492 e. The topological polar surface area (TPSA) is 38.8 Å². The van der Waals surface area contributed by atoms with Gasteiger partial charge in [0.15, 0.2) is 0 Å². The van der Waals surface area contributed by atoms with E-state index in [-0.39, 0.29) is 11.9 Å². The third-order valence-corrected chi connectivity index (χ3v) is 4.94. The molecule has 1 aliphatic carbocycles. The summed E-state index contributed by atoms with van der Waals surface area (Å²) in [6, 6.07) is 14.8. The number of rotatable bonds is 6. The molecule has 0 saturated heterocycles. The molecular formula is C22H27NO3. The molecule has 2 aromatic carbocycles. The van der Waals surface area contributed by atoms with Crippen LogP contribution in [-0.2, 0) is 22.4 Å². The van der Waals surface area contributed by atoms with E-state index in [0.29, 0.717) is 6.61 Å². The molecule has 2 aromatic rings. The van der Waals surface area contributed by atoms with Gasteiger partial charge in [0.05, 0.1) is 13.0 Å². The van der Waals surface area contributed by atoms with E-state index in [2.05, 4.69) is 35.2 Å². The molecule has 0 fully saturated rings. The van der Waals surface area contributed by atoms with Crippen LogP contribution in [0.2, 0.25) is 0 Å². The highest BCUT2D eigenvalue weighted by Gasteiger charge is 2.25. The molecule has 4 heteroatoms. The second-order valence-electron chi connectivity index (χ2n) is 7.13. The van der Waals surface area contributed by atoms with E-state index < -0.39 is 0 Å². The number of nitrogens with zero attached hydrogens (tertiary/aromatic N) is 1. The number of esters is 1. The summed E-state index contributed by atoms with van der Waals surface area (Å²) in [6.07, 6.45) is 2.56. The van der Waals surface area contributed by atoms with Crippen molar-refractivity contribution >= 4 is 5.97 Å². The molecule has 138 valence electrons. The van der Waals surface area contributed by atoms with Crippen molar-refractivity contribution in [3.63, 3.8) is 0 Å². The summed E-state index contributed by atoms with van der Waals surface area (Å²) in [5.41, 5.74) is 4.89. The second-order valence-corrected chi connectivity index (χ2v) is 7.13.